The second-order valence-electron chi connectivity index (χ2n) is 4.95. The lowest BCUT2D eigenvalue weighted by molar-refractivity contribution is -0.122. The first kappa shape index (κ1) is 14.6. The largest absolute Gasteiger partial charge is 0.489 e. The predicted molar refractivity (Wildman–Crippen MR) is 79.6 cm³/mol. The second kappa shape index (κ2) is 7.70. The number of carbonyl (C=O) groups excluding carboxylic acids is 1. The quantitative estimate of drug-likeness (QED) is 0.534. The molecule has 0 unspecified atom stereocenters. The van der Waals surface area contributed by atoms with Gasteiger partial charge < -0.3 is 15.4 Å². The number of hydrogen-bond acceptors (Lipinski definition) is 3. The van der Waals surface area contributed by atoms with Gasteiger partial charge in [-0.05, 0) is 18.9 Å². The highest BCUT2D eigenvalue weighted by molar-refractivity contribution is 5.80. The highest BCUT2D eigenvalue weighted by Crippen LogP contribution is 2.28. The third-order valence-electron chi connectivity index (χ3n) is 3.19. The van der Waals surface area contributed by atoms with E-state index in [1.165, 1.54) is 0 Å². The number of benzene rings is 1. The molecule has 20 heavy (non-hydrogen) atoms. The highest BCUT2D eigenvalue weighted by Gasteiger charge is 2.28. The van der Waals surface area contributed by atoms with Gasteiger partial charge in [0.2, 0.25) is 5.91 Å². The Kier molecular flexibility index (Phi) is 5.62. The topological polar surface area (TPSA) is 50.4 Å². The molecule has 0 atom stereocenters. The van der Waals surface area contributed by atoms with Gasteiger partial charge in [0, 0.05) is 31.1 Å². The van der Waals surface area contributed by atoms with E-state index in [0.29, 0.717) is 13.2 Å². The summed E-state index contributed by atoms with van der Waals surface area (Å²) in [6.45, 7) is 6.31. The number of amides is 1. The molecule has 2 rings (SSSR count). The standard InChI is InChI=1S/C16H22N2O2/c1-2-11-20-15-6-4-3-5-14(15)12-17-9-10-18-16(19)13-7-8-13/h2-6,13,17H,1,7-12H2,(H,18,19). The average molecular weight is 274 g/mol. The summed E-state index contributed by atoms with van der Waals surface area (Å²) >= 11 is 0. The van der Waals surface area contributed by atoms with Crippen LogP contribution in [0.15, 0.2) is 36.9 Å². The van der Waals surface area contributed by atoms with Crippen LogP contribution in [0.2, 0.25) is 0 Å². The minimum atomic E-state index is 0.196. The molecule has 1 saturated carbocycles. The van der Waals surface area contributed by atoms with Gasteiger partial charge in [-0.3, -0.25) is 4.79 Å². The number of para-hydroxylation sites is 1. The van der Waals surface area contributed by atoms with Crippen LogP contribution >= 0.6 is 0 Å². The summed E-state index contributed by atoms with van der Waals surface area (Å²) in [5, 5.41) is 6.25. The Balaban J connectivity index is 1.67. The van der Waals surface area contributed by atoms with E-state index in [9.17, 15) is 4.79 Å². The van der Waals surface area contributed by atoms with Gasteiger partial charge in [-0.2, -0.15) is 0 Å². The Bertz CT molecular complexity index is 456. The molecule has 108 valence electrons. The number of hydrogen-bond donors (Lipinski definition) is 2. The Morgan fingerprint density at radius 2 is 2.15 bits per heavy atom. The molecule has 1 amide bonds. The average Bonchev–Trinajstić information content (AvgIpc) is 3.30. The molecule has 0 heterocycles. The molecular weight excluding hydrogens is 252 g/mol. The third kappa shape index (κ3) is 4.70. The van der Waals surface area contributed by atoms with Crippen LogP contribution in [0.25, 0.3) is 0 Å². The first-order chi connectivity index (χ1) is 9.81. The van der Waals surface area contributed by atoms with E-state index in [2.05, 4.69) is 17.2 Å². The van der Waals surface area contributed by atoms with E-state index >= 15 is 0 Å². The normalized spacial score (nSPS) is 13.8. The van der Waals surface area contributed by atoms with Crippen LogP contribution in [0.4, 0.5) is 0 Å². The molecule has 0 aromatic heterocycles. The van der Waals surface area contributed by atoms with Crippen molar-refractivity contribution in [1.29, 1.82) is 0 Å². The van der Waals surface area contributed by atoms with Gasteiger partial charge in [0.1, 0.15) is 12.4 Å². The van der Waals surface area contributed by atoms with Crippen molar-refractivity contribution in [3.05, 3.63) is 42.5 Å². The van der Waals surface area contributed by atoms with E-state index in [4.69, 9.17) is 4.74 Å². The van der Waals surface area contributed by atoms with Crippen molar-refractivity contribution >= 4 is 5.91 Å². The summed E-state index contributed by atoms with van der Waals surface area (Å²) in [6.07, 6.45) is 3.83. The molecule has 2 N–H and O–H groups in total. The maximum Gasteiger partial charge on any atom is 0.223 e. The van der Waals surface area contributed by atoms with Crippen molar-refractivity contribution in [2.45, 2.75) is 19.4 Å². The fraction of sp³-hybridized carbons (Fsp3) is 0.438. The predicted octanol–water partition coefficient (Wildman–Crippen LogP) is 1.87. The molecule has 4 nitrogen and oxygen atoms in total. The Morgan fingerprint density at radius 3 is 2.90 bits per heavy atom. The SMILES string of the molecule is C=CCOc1ccccc1CNCCNC(=O)C1CC1. The van der Waals surface area contributed by atoms with Crippen LogP contribution in [-0.4, -0.2) is 25.6 Å². The molecule has 1 aliphatic carbocycles. The van der Waals surface area contributed by atoms with Gasteiger partial charge in [-0.1, -0.05) is 30.9 Å². The molecule has 1 aromatic carbocycles. The van der Waals surface area contributed by atoms with Crippen molar-refractivity contribution in [2.24, 2.45) is 5.92 Å². The Morgan fingerprint density at radius 1 is 1.35 bits per heavy atom. The molecule has 0 spiro atoms. The maximum absolute atomic E-state index is 11.4. The lowest BCUT2D eigenvalue weighted by Gasteiger charge is -2.11. The lowest BCUT2D eigenvalue weighted by atomic mass is 10.2. The number of carbonyl (C=O) groups is 1. The number of nitrogens with one attached hydrogen (secondary N) is 2. The molecule has 0 bridgehead atoms. The van der Waals surface area contributed by atoms with Crippen LogP contribution in [-0.2, 0) is 11.3 Å². The molecule has 1 fully saturated rings. The van der Waals surface area contributed by atoms with E-state index in [-0.39, 0.29) is 11.8 Å². The van der Waals surface area contributed by atoms with E-state index < -0.39 is 0 Å². The zero-order valence-corrected chi connectivity index (χ0v) is 11.7. The fourth-order valence-electron chi connectivity index (χ4n) is 1.93. The summed E-state index contributed by atoms with van der Waals surface area (Å²) < 4.78 is 5.59. The molecular formula is C16H22N2O2. The van der Waals surface area contributed by atoms with Gasteiger partial charge in [0.15, 0.2) is 0 Å². The first-order valence-corrected chi connectivity index (χ1v) is 7.11. The smallest absolute Gasteiger partial charge is 0.223 e. The zero-order valence-electron chi connectivity index (χ0n) is 11.7. The summed E-state index contributed by atoms with van der Waals surface area (Å²) in [6, 6.07) is 7.94. The van der Waals surface area contributed by atoms with Crippen molar-refractivity contribution in [1.82, 2.24) is 10.6 Å². The Hall–Kier alpha value is -1.81. The summed E-state index contributed by atoms with van der Waals surface area (Å²) in [5.41, 5.74) is 1.11. The van der Waals surface area contributed by atoms with Crippen LogP contribution in [0.5, 0.6) is 5.75 Å². The molecule has 4 heteroatoms. The molecule has 1 aliphatic rings. The van der Waals surface area contributed by atoms with Crippen LogP contribution in [0.3, 0.4) is 0 Å². The van der Waals surface area contributed by atoms with Crippen molar-refractivity contribution in [2.75, 3.05) is 19.7 Å². The maximum atomic E-state index is 11.4. The van der Waals surface area contributed by atoms with Gasteiger partial charge >= 0.3 is 0 Å². The first-order valence-electron chi connectivity index (χ1n) is 7.11. The van der Waals surface area contributed by atoms with Crippen LogP contribution < -0.4 is 15.4 Å². The van der Waals surface area contributed by atoms with E-state index in [1.54, 1.807) is 6.08 Å². The van der Waals surface area contributed by atoms with Crippen molar-refractivity contribution in [3.8, 4) is 5.75 Å². The monoisotopic (exact) mass is 274 g/mol. The van der Waals surface area contributed by atoms with E-state index in [0.717, 1.165) is 37.2 Å². The van der Waals surface area contributed by atoms with Gasteiger partial charge in [-0.25, -0.2) is 0 Å². The minimum absolute atomic E-state index is 0.196. The lowest BCUT2D eigenvalue weighted by Crippen LogP contribution is -2.32. The molecule has 0 radical (unpaired) electrons. The van der Waals surface area contributed by atoms with Crippen molar-refractivity contribution in [3.63, 3.8) is 0 Å². The summed E-state index contributed by atoms with van der Waals surface area (Å²) in [7, 11) is 0. The molecule has 0 aliphatic heterocycles. The molecule has 0 saturated heterocycles. The van der Waals surface area contributed by atoms with E-state index in [1.807, 2.05) is 24.3 Å². The van der Waals surface area contributed by atoms with Crippen molar-refractivity contribution < 1.29 is 9.53 Å². The second-order valence-corrected chi connectivity index (χ2v) is 4.95. The summed E-state index contributed by atoms with van der Waals surface area (Å²) in [5.74, 6) is 1.35. The highest BCUT2D eigenvalue weighted by atomic mass is 16.5. The van der Waals surface area contributed by atoms with Crippen LogP contribution in [0, 0.1) is 5.92 Å². The summed E-state index contributed by atoms with van der Waals surface area (Å²) in [4.78, 5) is 11.4. The van der Waals surface area contributed by atoms with Gasteiger partial charge in [-0.15, -0.1) is 0 Å². The third-order valence-corrected chi connectivity index (χ3v) is 3.19. The number of ether oxygens (including phenoxy) is 1. The van der Waals surface area contributed by atoms with Crippen LogP contribution in [0.1, 0.15) is 18.4 Å². The van der Waals surface area contributed by atoms with Gasteiger partial charge in [0.05, 0.1) is 0 Å². The molecule has 1 aromatic rings. The van der Waals surface area contributed by atoms with Gasteiger partial charge in [0.25, 0.3) is 0 Å². The number of rotatable bonds is 9. The fourth-order valence-corrected chi connectivity index (χ4v) is 1.93. The minimum Gasteiger partial charge on any atom is -0.489 e. The Labute approximate surface area is 120 Å². The zero-order chi connectivity index (χ0) is 14.2.